The molecule has 220 valence electrons. The summed E-state index contributed by atoms with van der Waals surface area (Å²) >= 11 is 0. The Morgan fingerprint density at radius 1 is 1.05 bits per heavy atom. The van der Waals surface area contributed by atoms with Gasteiger partial charge in [-0.05, 0) is 55.7 Å². The molecule has 2 amide bonds. The number of hydrogen-bond donors (Lipinski definition) is 2. The molecular formula is C33H35N7O3. The Kier molecular flexibility index (Phi) is 7.91. The van der Waals surface area contributed by atoms with E-state index < -0.39 is 6.04 Å². The van der Waals surface area contributed by atoms with Crippen LogP contribution in [-0.4, -0.2) is 50.2 Å². The van der Waals surface area contributed by atoms with Crippen LogP contribution < -0.4 is 15.0 Å². The molecule has 1 fully saturated rings. The molecule has 0 aliphatic heterocycles. The molecule has 0 spiro atoms. The lowest BCUT2D eigenvalue weighted by molar-refractivity contribution is -0.127. The van der Waals surface area contributed by atoms with E-state index in [1.54, 1.807) is 7.11 Å². The van der Waals surface area contributed by atoms with Crippen LogP contribution >= 0.6 is 0 Å². The van der Waals surface area contributed by atoms with Gasteiger partial charge in [0.2, 0.25) is 11.7 Å². The van der Waals surface area contributed by atoms with Crippen LogP contribution in [0.15, 0.2) is 72.9 Å². The van der Waals surface area contributed by atoms with Crippen molar-refractivity contribution in [2.24, 2.45) is 0 Å². The largest absolute Gasteiger partial charge is 0.495 e. The number of para-hydroxylation sites is 1. The molecule has 2 heterocycles. The van der Waals surface area contributed by atoms with Gasteiger partial charge in [-0.15, -0.1) is 10.2 Å². The number of aromatic amines is 1. The molecule has 1 aliphatic rings. The third-order valence-corrected chi connectivity index (χ3v) is 8.03. The van der Waals surface area contributed by atoms with Gasteiger partial charge in [-0.25, -0.2) is 0 Å². The van der Waals surface area contributed by atoms with Gasteiger partial charge in [0.1, 0.15) is 18.3 Å². The highest BCUT2D eigenvalue weighted by Crippen LogP contribution is 2.38. The molecule has 2 aromatic heterocycles. The van der Waals surface area contributed by atoms with E-state index >= 15 is 0 Å². The number of methoxy groups -OCH3 is 1. The lowest BCUT2D eigenvalue weighted by atomic mass is 10.0. The van der Waals surface area contributed by atoms with Crippen LogP contribution in [0.4, 0.5) is 5.69 Å². The Labute approximate surface area is 250 Å². The smallest absolute Gasteiger partial charge is 0.251 e. The van der Waals surface area contributed by atoms with E-state index in [0.717, 1.165) is 53.3 Å². The summed E-state index contributed by atoms with van der Waals surface area (Å²) in [5.41, 5.74) is 4.89. The van der Waals surface area contributed by atoms with Crippen molar-refractivity contribution >= 4 is 28.4 Å². The van der Waals surface area contributed by atoms with Gasteiger partial charge < -0.3 is 15.0 Å². The molecule has 6 rings (SSSR count). The number of nitrogens with one attached hydrogen (secondary N) is 2. The molecule has 0 bridgehead atoms. The fourth-order valence-electron chi connectivity index (χ4n) is 5.80. The zero-order chi connectivity index (χ0) is 29.9. The van der Waals surface area contributed by atoms with Crippen molar-refractivity contribution in [3.63, 3.8) is 0 Å². The van der Waals surface area contributed by atoms with E-state index in [2.05, 4.69) is 25.7 Å². The minimum absolute atomic E-state index is 0.0608. The number of rotatable bonds is 9. The van der Waals surface area contributed by atoms with Gasteiger partial charge in [-0.3, -0.25) is 14.5 Å². The second-order valence-electron chi connectivity index (χ2n) is 11.1. The Morgan fingerprint density at radius 2 is 1.79 bits per heavy atom. The Bertz CT molecular complexity index is 1750. The summed E-state index contributed by atoms with van der Waals surface area (Å²) in [7, 11) is 1.56. The van der Waals surface area contributed by atoms with Crippen molar-refractivity contribution in [1.82, 2.24) is 30.5 Å². The van der Waals surface area contributed by atoms with Gasteiger partial charge >= 0.3 is 0 Å². The molecule has 43 heavy (non-hydrogen) atoms. The number of H-pyrrole nitrogens is 1. The SMILES string of the molecule is COc1ccc(C)cc1N(C(=O)Cn1nnc(-c2ccc(C)cc2)n1)C(C(=O)NC1CCCC1)c1c[nH]c2ccccc12. The number of benzene rings is 3. The molecule has 0 saturated heterocycles. The Balaban J connectivity index is 1.44. The maximum Gasteiger partial charge on any atom is 0.251 e. The van der Waals surface area contributed by atoms with E-state index in [-0.39, 0.29) is 24.4 Å². The number of tetrazole rings is 1. The fraction of sp³-hybridized carbons (Fsp3) is 0.303. The minimum Gasteiger partial charge on any atom is -0.495 e. The molecule has 10 nitrogen and oxygen atoms in total. The molecule has 10 heteroatoms. The number of ether oxygens (including phenoxy) is 1. The van der Waals surface area contributed by atoms with Crippen LogP contribution in [-0.2, 0) is 16.1 Å². The third-order valence-electron chi connectivity index (χ3n) is 8.03. The summed E-state index contributed by atoms with van der Waals surface area (Å²) in [5, 5.41) is 17.0. The molecular weight excluding hydrogens is 542 g/mol. The number of aromatic nitrogens is 5. The van der Waals surface area contributed by atoms with Crippen LogP contribution in [0.3, 0.4) is 0 Å². The first-order chi connectivity index (χ1) is 20.9. The number of carbonyl (C=O) groups excluding carboxylic acids is 2. The highest BCUT2D eigenvalue weighted by molar-refractivity contribution is 6.04. The van der Waals surface area contributed by atoms with Crippen molar-refractivity contribution in [2.45, 2.75) is 58.2 Å². The molecule has 2 N–H and O–H groups in total. The second kappa shape index (κ2) is 12.1. The monoisotopic (exact) mass is 577 g/mol. The molecule has 3 aromatic carbocycles. The molecule has 1 unspecified atom stereocenters. The predicted octanol–water partition coefficient (Wildman–Crippen LogP) is 5.28. The van der Waals surface area contributed by atoms with E-state index in [9.17, 15) is 9.59 Å². The number of hydrogen-bond acceptors (Lipinski definition) is 6. The van der Waals surface area contributed by atoms with Crippen molar-refractivity contribution in [3.8, 4) is 17.1 Å². The van der Waals surface area contributed by atoms with Gasteiger partial charge in [0.05, 0.1) is 12.8 Å². The van der Waals surface area contributed by atoms with E-state index in [4.69, 9.17) is 4.74 Å². The lowest BCUT2D eigenvalue weighted by Gasteiger charge is -2.33. The van der Waals surface area contributed by atoms with Crippen LogP contribution in [0.2, 0.25) is 0 Å². The summed E-state index contributed by atoms with van der Waals surface area (Å²) < 4.78 is 5.74. The van der Waals surface area contributed by atoms with Crippen molar-refractivity contribution < 1.29 is 14.3 Å². The number of anilines is 1. The summed E-state index contributed by atoms with van der Waals surface area (Å²) in [4.78, 5) is 34.8. The topological polar surface area (TPSA) is 118 Å². The van der Waals surface area contributed by atoms with E-state index in [1.165, 1.54) is 9.70 Å². The maximum atomic E-state index is 14.4. The van der Waals surface area contributed by atoms with Gasteiger partial charge in [0.15, 0.2) is 0 Å². The first-order valence-corrected chi connectivity index (χ1v) is 14.6. The first kappa shape index (κ1) is 28.1. The van der Waals surface area contributed by atoms with Gasteiger partial charge in [-0.2, -0.15) is 4.80 Å². The second-order valence-corrected chi connectivity index (χ2v) is 11.1. The molecule has 1 aliphatic carbocycles. The van der Waals surface area contributed by atoms with Gasteiger partial charge in [0, 0.05) is 34.3 Å². The van der Waals surface area contributed by atoms with Gasteiger partial charge in [0.25, 0.3) is 5.91 Å². The molecule has 0 radical (unpaired) electrons. The summed E-state index contributed by atoms with van der Waals surface area (Å²) in [6, 6.07) is 20.2. The number of amides is 2. The third kappa shape index (κ3) is 5.86. The average molecular weight is 578 g/mol. The number of fused-ring (bicyclic) bond motifs is 1. The summed E-state index contributed by atoms with van der Waals surface area (Å²) in [5.74, 6) is 0.262. The van der Waals surface area contributed by atoms with Crippen LogP contribution in [0, 0.1) is 13.8 Å². The standard InChI is InChI=1S/C33H35N7O3/c1-21-12-15-23(16-13-21)32-36-38-39(37-32)20-30(41)40(28-18-22(2)14-17-29(28)43-3)31(33(42)35-24-8-4-5-9-24)26-19-34-27-11-7-6-10-25(26)27/h6-7,10-19,24,31,34H,4-5,8-9,20H2,1-3H3,(H,35,42). The zero-order valence-electron chi connectivity index (χ0n) is 24.6. The van der Waals surface area contributed by atoms with Crippen LogP contribution in [0.1, 0.15) is 48.4 Å². The Morgan fingerprint density at radius 3 is 2.56 bits per heavy atom. The van der Waals surface area contributed by atoms with Crippen LogP contribution in [0.25, 0.3) is 22.3 Å². The zero-order valence-corrected chi connectivity index (χ0v) is 24.6. The minimum atomic E-state index is -0.986. The molecule has 5 aromatic rings. The average Bonchev–Trinajstić information content (AvgIpc) is 3.78. The maximum absolute atomic E-state index is 14.4. The number of nitrogens with zero attached hydrogens (tertiary/aromatic N) is 5. The summed E-state index contributed by atoms with van der Waals surface area (Å²) in [6.07, 6.45) is 5.78. The van der Waals surface area contributed by atoms with Gasteiger partial charge in [-0.1, -0.05) is 66.9 Å². The molecule has 1 atom stereocenters. The van der Waals surface area contributed by atoms with Crippen molar-refractivity contribution in [3.05, 3.63) is 89.6 Å². The Hall–Kier alpha value is -4.99. The first-order valence-electron chi connectivity index (χ1n) is 14.6. The molecule has 1 saturated carbocycles. The fourth-order valence-corrected chi connectivity index (χ4v) is 5.80. The quantitative estimate of drug-likeness (QED) is 0.246. The highest BCUT2D eigenvalue weighted by Gasteiger charge is 2.37. The van der Waals surface area contributed by atoms with E-state index in [1.807, 2.05) is 86.8 Å². The predicted molar refractivity (Wildman–Crippen MR) is 165 cm³/mol. The van der Waals surface area contributed by atoms with Crippen molar-refractivity contribution in [1.29, 1.82) is 0 Å². The number of carbonyl (C=O) groups is 2. The summed E-state index contributed by atoms with van der Waals surface area (Å²) in [6.45, 7) is 3.72. The normalized spacial score (nSPS) is 14.1. The number of aryl methyl sites for hydroxylation is 2. The lowest BCUT2D eigenvalue weighted by Crippen LogP contribution is -2.47. The highest BCUT2D eigenvalue weighted by atomic mass is 16.5. The van der Waals surface area contributed by atoms with Crippen molar-refractivity contribution in [2.75, 3.05) is 12.0 Å². The van der Waals surface area contributed by atoms with Crippen LogP contribution in [0.5, 0.6) is 5.75 Å². The van der Waals surface area contributed by atoms with E-state index in [0.29, 0.717) is 22.8 Å².